The Hall–Kier alpha value is -3.12. The molecule has 4 aromatic carbocycles. The summed E-state index contributed by atoms with van der Waals surface area (Å²) in [4.78, 5) is 0. The van der Waals surface area contributed by atoms with Crippen LogP contribution < -0.4 is 0 Å². The standard InChI is InChI=1S/C24H17/c1-3-9-19(10-4-1)20-15-17-22(18-16-20)24-14-8-7-13-23(24)21-11-5-2-6-12-21/h1-7,9-18H. The van der Waals surface area contributed by atoms with Gasteiger partial charge in [-0.25, -0.2) is 0 Å². The largest absolute Gasteiger partial charge is 0.0622 e. The first-order valence-corrected chi connectivity index (χ1v) is 8.13. The summed E-state index contributed by atoms with van der Waals surface area (Å²) in [6.07, 6.45) is 0. The first-order chi connectivity index (χ1) is 11.9. The molecular weight excluding hydrogens is 288 g/mol. The van der Waals surface area contributed by atoms with Crippen LogP contribution in [0.15, 0.2) is 103 Å². The lowest BCUT2D eigenvalue weighted by molar-refractivity contribution is 1.56. The van der Waals surface area contributed by atoms with Gasteiger partial charge in [-0.05, 0) is 45.5 Å². The molecule has 0 bridgehead atoms. The molecule has 0 atom stereocenters. The van der Waals surface area contributed by atoms with Crippen molar-refractivity contribution < 1.29 is 0 Å². The minimum atomic E-state index is 1.21. The van der Waals surface area contributed by atoms with Gasteiger partial charge in [0.15, 0.2) is 0 Å². The molecule has 113 valence electrons. The monoisotopic (exact) mass is 305 g/mol. The van der Waals surface area contributed by atoms with Gasteiger partial charge in [0.05, 0.1) is 0 Å². The van der Waals surface area contributed by atoms with Crippen molar-refractivity contribution in [3.05, 3.63) is 109 Å². The molecule has 24 heavy (non-hydrogen) atoms. The van der Waals surface area contributed by atoms with Crippen molar-refractivity contribution in [1.82, 2.24) is 0 Å². The molecule has 0 heterocycles. The van der Waals surface area contributed by atoms with Gasteiger partial charge in [0.25, 0.3) is 0 Å². The fourth-order valence-electron chi connectivity index (χ4n) is 3.01. The zero-order valence-corrected chi connectivity index (χ0v) is 13.3. The lowest BCUT2D eigenvalue weighted by atomic mass is 9.93. The maximum atomic E-state index is 3.22. The maximum Gasteiger partial charge on any atom is -0.00992 e. The van der Waals surface area contributed by atoms with Crippen LogP contribution >= 0.6 is 0 Å². The highest BCUT2D eigenvalue weighted by molar-refractivity contribution is 5.84. The van der Waals surface area contributed by atoms with Crippen LogP contribution in [0.25, 0.3) is 33.4 Å². The van der Waals surface area contributed by atoms with Gasteiger partial charge in [-0.1, -0.05) is 97.1 Å². The SMILES string of the molecule is [c]1ccc(-c2ccccc2)c(-c2ccc(-c3ccccc3)cc2)c1. The quantitative estimate of drug-likeness (QED) is 0.406. The van der Waals surface area contributed by atoms with Crippen molar-refractivity contribution in [2.24, 2.45) is 0 Å². The maximum absolute atomic E-state index is 3.22. The van der Waals surface area contributed by atoms with Gasteiger partial charge < -0.3 is 0 Å². The summed E-state index contributed by atoms with van der Waals surface area (Å²) >= 11 is 0. The second-order valence-corrected chi connectivity index (χ2v) is 5.78. The Bertz CT molecular complexity index is 920. The molecule has 0 spiro atoms. The molecule has 0 aromatic heterocycles. The fraction of sp³-hybridized carbons (Fsp3) is 0. The third-order valence-corrected chi connectivity index (χ3v) is 4.25. The summed E-state index contributed by atoms with van der Waals surface area (Å²) in [6.45, 7) is 0. The zero-order valence-electron chi connectivity index (χ0n) is 13.3. The van der Waals surface area contributed by atoms with Gasteiger partial charge in [0, 0.05) is 0 Å². The third-order valence-electron chi connectivity index (χ3n) is 4.25. The van der Waals surface area contributed by atoms with Crippen molar-refractivity contribution in [3.8, 4) is 33.4 Å². The number of hydrogen-bond donors (Lipinski definition) is 0. The van der Waals surface area contributed by atoms with Crippen LogP contribution in [0.4, 0.5) is 0 Å². The first kappa shape index (κ1) is 14.5. The Balaban J connectivity index is 1.75. The van der Waals surface area contributed by atoms with Gasteiger partial charge in [-0.15, -0.1) is 0 Å². The van der Waals surface area contributed by atoms with Gasteiger partial charge in [0.2, 0.25) is 0 Å². The van der Waals surface area contributed by atoms with Crippen LogP contribution in [0.5, 0.6) is 0 Å². The molecular formula is C24H17. The molecule has 4 rings (SSSR count). The molecule has 1 radical (unpaired) electrons. The Morgan fingerprint density at radius 2 is 0.917 bits per heavy atom. The molecule has 0 N–H and O–H groups in total. The fourth-order valence-corrected chi connectivity index (χ4v) is 3.01. The van der Waals surface area contributed by atoms with Crippen LogP contribution in [0.3, 0.4) is 0 Å². The second kappa shape index (κ2) is 6.55. The van der Waals surface area contributed by atoms with Crippen molar-refractivity contribution in [2.75, 3.05) is 0 Å². The minimum Gasteiger partial charge on any atom is -0.0622 e. The van der Waals surface area contributed by atoms with Crippen molar-refractivity contribution in [2.45, 2.75) is 0 Å². The summed E-state index contributed by atoms with van der Waals surface area (Å²) in [7, 11) is 0. The Labute approximate surface area is 143 Å². The predicted molar refractivity (Wildman–Crippen MR) is 102 cm³/mol. The smallest absolute Gasteiger partial charge is 0.00992 e. The van der Waals surface area contributed by atoms with E-state index in [9.17, 15) is 0 Å². The topological polar surface area (TPSA) is 0 Å². The van der Waals surface area contributed by atoms with Crippen LogP contribution in [-0.2, 0) is 0 Å². The molecule has 0 unspecified atom stereocenters. The molecule has 0 aliphatic carbocycles. The molecule has 0 saturated heterocycles. The summed E-state index contributed by atoms with van der Waals surface area (Å²) < 4.78 is 0. The van der Waals surface area contributed by atoms with Crippen LogP contribution in [0, 0.1) is 6.07 Å². The molecule has 0 aliphatic heterocycles. The van der Waals surface area contributed by atoms with E-state index in [4.69, 9.17) is 0 Å². The van der Waals surface area contributed by atoms with E-state index in [1.54, 1.807) is 0 Å². The Morgan fingerprint density at radius 1 is 0.417 bits per heavy atom. The van der Waals surface area contributed by atoms with E-state index in [1.165, 1.54) is 33.4 Å². The molecule has 0 saturated carbocycles. The molecule has 0 amide bonds. The molecule has 0 heteroatoms. The summed E-state index contributed by atoms with van der Waals surface area (Å²) in [6, 6.07) is 39.1. The summed E-state index contributed by atoms with van der Waals surface area (Å²) in [5, 5.41) is 0. The minimum absolute atomic E-state index is 1.21. The van der Waals surface area contributed by atoms with Crippen LogP contribution in [0.1, 0.15) is 0 Å². The normalized spacial score (nSPS) is 10.5. The van der Waals surface area contributed by atoms with Crippen molar-refractivity contribution in [1.29, 1.82) is 0 Å². The van der Waals surface area contributed by atoms with E-state index in [-0.39, 0.29) is 0 Å². The van der Waals surface area contributed by atoms with E-state index in [0.29, 0.717) is 0 Å². The van der Waals surface area contributed by atoms with Gasteiger partial charge in [-0.2, -0.15) is 0 Å². The second-order valence-electron chi connectivity index (χ2n) is 5.78. The van der Waals surface area contributed by atoms with Crippen molar-refractivity contribution >= 4 is 0 Å². The Morgan fingerprint density at radius 3 is 1.58 bits per heavy atom. The highest BCUT2D eigenvalue weighted by Crippen LogP contribution is 2.32. The van der Waals surface area contributed by atoms with Crippen LogP contribution in [-0.4, -0.2) is 0 Å². The number of benzene rings is 4. The highest BCUT2D eigenvalue weighted by atomic mass is 14.1. The van der Waals surface area contributed by atoms with Gasteiger partial charge in [-0.3, -0.25) is 0 Å². The lowest BCUT2D eigenvalue weighted by Crippen LogP contribution is -1.85. The average Bonchev–Trinajstić information content (AvgIpc) is 2.69. The summed E-state index contributed by atoms with van der Waals surface area (Å²) in [5.74, 6) is 0. The number of rotatable bonds is 3. The third kappa shape index (κ3) is 2.87. The van der Waals surface area contributed by atoms with E-state index in [2.05, 4.69) is 91.0 Å². The first-order valence-electron chi connectivity index (χ1n) is 8.13. The molecule has 4 aromatic rings. The molecule has 0 fully saturated rings. The van der Waals surface area contributed by atoms with Gasteiger partial charge in [0.1, 0.15) is 0 Å². The Kier molecular flexibility index (Phi) is 3.95. The predicted octanol–water partition coefficient (Wildman–Crippen LogP) is 6.49. The summed E-state index contributed by atoms with van der Waals surface area (Å²) in [5.41, 5.74) is 7.37. The number of hydrogen-bond acceptors (Lipinski definition) is 0. The van der Waals surface area contributed by atoms with Crippen LogP contribution in [0.2, 0.25) is 0 Å². The zero-order chi connectivity index (χ0) is 16.2. The van der Waals surface area contributed by atoms with E-state index < -0.39 is 0 Å². The molecule has 0 nitrogen and oxygen atoms in total. The van der Waals surface area contributed by atoms with E-state index >= 15 is 0 Å². The molecule has 0 aliphatic rings. The van der Waals surface area contributed by atoms with Crippen molar-refractivity contribution in [3.63, 3.8) is 0 Å². The van der Waals surface area contributed by atoms with E-state index in [0.717, 1.165) is 0 Å². The van der Waals surface area contributed by atoms with E-state index in [1.807, 2.05) is 18.2 Å². The average molecular weight is 305 g/mol. The lowest BCUT2D eigenvalue weighted by Gasteiger charge is -2.11. The van der Waals surface area contributed by atoms with Gasteiger partial charge >= 0.3 is 0 Å². The highest BCUT2D eigenvalue weighted by Gasteiger charge is 2.07.